The van der Waals surface area contributed by atoms with E-state index in [4.69, 9.17) is 9.47 Å². The third-order valence-electron chi connectivity index (χ3n) is 5.51. The molecule has 1 unspecified atom stereocenters. The fraction of sp³-hybridized carbons (Fsp3) is 0.167. The van der Waals surface area contributed by atoms with Crippen LogP contribution in [0.4, 0.5) is 18.9 Å². The van der Waals surface area contributed by atoms with Gasteiger partial charge in [-0.05, 0) is 76.2 Å². The summed E-state index contributed by atoms with van der Waals surface area (Å²) in [4.78, 5) is 28.4. The Morgan fingerprint density at radius 1 is 1.00 bits per heavy atom. The Morgan fingerprint density at radius 2 is 1.74 bits per heavy atom. The predicted octanol–water partition coefficient (Wildman–Crippen LogP) is 5.25. The second-order valence-electron chi connectivity index (χ2n) is 7.82. The number of rotatable bonds is 4. The summed E-state index contributed by atoms with van der Waals surface area (Å²) in [5, 5.41) is 2.78. The van der Waals surface area contributed by atoms with E-state index in [-0.39, 0.29) is 13.3 Å². The van der Waals surface area contributed by atoms with Gasteiger partial charge in [0.25, 0.3) is 11.8 Å². The Kier molecular flexibility index (Phi) is 5.95. The molecule has 1 atom stereocenters. The van der Waals surface area contributed by atoms with Gasteiger partial charge < -0.3 is 24.4 Å². The number of amides is 2. The monoisotopic (exact) mass is 596 g/mol. The maximum atomic E-state index is 13.7. The minimum absolute atomic E-state index is 0.0409. The summed E-state index contributed by atoms with van der Waals surface area (Å²) in [5.41, 5.74) is 1.68. The number of anilines is 1. The van der Waals surface area contributed by atoms with E-state index in [2.05, 4.69) is 32.6 Å². The Labute approximate surface area is 210 Å². The van der Waals surface area contributed by atoms with Crippen molar-refractivity contribution in [2.45, 2.75) is 18.9 Å². The number of nitrogens with zero attached hydrogens (tertiary/aromatic N) is 1. The molecular formula is C24H16F3IN2O5. The van der Waals surface area contributed by atoms with Gasteiger partial charge in [-0.15, -0.1) is 13.2 Å². The van der Waals surface area contributed by atoms with Crippen molar-refractivity contribution in [3.8, 4) is 17.2 Å². The van der Waals surface area contributed by atoms with Crippen molar-refractivity contribution >= 4 is 40.1 Å². The maximum absolute atomic E-state index is 13.7. The molecule has 5 rings (SSSR count). The van der Waals surface area contributed by atoms with Crippen molar-refractivity contribution in [2.75, 3.05) is 12.1 Å². The van der Waals surface area contributed by atoms with Gasteiger partial charge in [0.1, 0.15) is 11.8 Å². The van der Waals surface area contributed by atoms with E-state index in [0.717, 1.165) is 15.7 Å². The number of fused-ring (bicyclic) bond motifs is 2. The van der Waals surface area contributed by atoms with Crippen molar-refractivity contribution in [3.05, 3.63) is 80.9 Å². The van der Waals surface area contributed by atoms with Crippen LogP contribution in [0.2, 0.25) is 0 Å². The summed E-state index contributed by atoms with van der Waals surface area (Å²) in [7, 11) is 0. The number of ether oxygens (including phenoxy) is 3. The summed E-state index contributed by atoms with van der Waals surface area (Å²) in [6.07, 6.45) is -4.85. The lowest BCUT2D eigenvalue weighted by Crippen LogP contribution is -2.38. The Morgan fingerprint density at radius 3 is 2.49 bits per heavy atom. The highest BCUT2D eigenvalue weighted by molar-refractivity contribution is 14.1. The molecule has 2 amide bonds. The molecule has 0 aromatic heterocycles. The molecule has 2 heterocycles. The summed E-state index contributed by atoms with van der Waals surface area (Å²) in [5.74, 6) is -0.236. The lowest BCUT2D eigenvalue weighted by atomic mass is 10.0. The number of hydrogen-bond acceptors (Lipinski definition) is 5. The van der Waals surface area contributed by atoms with Gasteiger partial charge in [0.2, 0.25) is 6.79 Å². The van der Waals surface area contributed by atoms with Crippen molar-refractivity contribution < 1.29 is 37.0 Å². The van der Waals surface area contributed by atoms with Gasteiger partial charge in [-0.2, -0.15) is 0 Å². The van der Waals surface area contributed by atoms with Gasteiger partial charge in [0.05, 0.1) is 11.3 Å². The first kappa shape index (κ1) is 23.3. The fourth-order valence-corrected chi connectivity index (χ4v) is 4.49. The lowest BCUT2D eigenvalue weighted by Gasteiger charge is -2.29. The molecule has 0 radical (unpaired) electrons. The topological polar surface area (TPSA) is 77.1 Å². The molecule has 0 fully saturated rings. The van der Waals surface area contributed by atoms with Gasteiger partial charge in [-0.3, -0.25) is 9.59 Å². The van der Waals surface area contributed by atoms with Crippen LogP contribution in [0.15, 0.2) is 60.7 Å². The highest BCUT2D eigenvalue weighted by atomic mass is 127. The van der Waals surface area contributed by atoms with Crippen molar-refractivity contribution in [1.29, 1.82) is 0 Å². The SMILES string of the molecule is O=C1Nc2ccc(I)cc2C(=O)N(Cc2ccc3c(c2)OCO3)C1c1ccc(OC(F)(F)F)cc1. The van der Waals surface area contributed by atoms with E-state index in [1.807, 2.05) is 0 Å². The average molecular weight is 596 g/mol. The first-order valence-corrected chi connectivity index (χ1v) is 11.4. The number of carbonyl (C=O) groups excluding carboxylic acids is 2. The Balaban J connectivity index is 1.55. The van der Waals surface area contributed by atoms with Crippen LogP contribution in [0.25, 0.3) is 0 Å². The van der Waals surface area contributed by atoms with E-state index in [1.54, 1.807) is 36.4 Å². The van der Waals surface area contributed by atoms with Crippen LogP contribution < -0.4 is 19.5 Å². The average Bonchev–Trinajstić information content (AvgIpc) is 3.24. The molecule has 180 valence electrons. The molecule has 2 aliphatic heterocycles. The highest BCUT2D eigenvalue weighted by Crippen LogP contribution is 2.37. The summed E-state index contributed by atoms with van der Waals surface area (Å²) in [6, 6.07) is 14.1. The molecule has 11 heteroatoms. The van der Waals surface area contributed by atoms with E-state index >= 15 is 0 Å². The van der Waals surface area contributed by atoms with Crippen LogP contribution in [0, 0.1) is 3.57 Å². The molecule has 0 aliphatic carbocycles. The summed E-state index contributed by atoms with van der Waals surface area (Å²) >= 11 is 2.08. The molecule has 0 saturated carbocycles. The van der Waals surface area contributed by atoms with Crippen molar-refractivity contribution in [3.63, 3.8) is 0 Å². The smallest absolute Gasteiger partial charge is 0.454 e. The minimum Gasteiger partial charge on any atom is -0.454 e. The molecule has 3 aromatic rings. The van der Waals surface area contributed by atoms with Crippen molar-refractivity contribution in [2.24, 2.45) is 0 Å². The third-order valence-corrected chi connectivity index (χ3v) is 6.18. The lowest BCUT2D eigenvalue weighted by molar-refractivity contribution is -0.274. The number of hydrogen-bond donors (Lipinski definition) is 1. The first-order valence-electron chi connectivity index (χ1n) is 10.3. The van der Waals surface area contributed by atoms with E-state index in [9.17, 15) is 22.8 Å². The standard InChI is InChI=1S/C24H16F3IN2O5/c25-24(26,27)35-16-5-2-14(3-6-16)21-22(31)29-18-7-4-15(28)10-17(18)23(32)30(21)11-13-1-8-19-20(9-13)34-12-33-19/h1-10,21H,11-12H2,(H,29,31). The third kappa shape index (κ3) is 4.85. The zero-order valence-corrected chi connectivity index (χ0v) is 19.9. The molecule has 2 aliphatic rings. The van der Waals surface area contributed by atoms with E-state index in [0.29, 0.717) is 33.9 Å². The fourth-order valence-electron chi connectivity index (χ4n) is 4.00. The molecule has 7 nitrogen and oxygen atoms in total. The molecule has 0 saturated heterocycles. The Hall–Kier alpha value is -3.48. The number of benzene rings is 3. The highest BCUT2D eigenvalue weighted by Gasteiger charge is 2.37. The largest absolute Gasteiger partial charge is 0.573 e. The van der Waals surface area contributed by atoms with Crippen LogP contribution in [-0.2, 0) is 11.3 Å². The van der Waals surface area contributed by atoms with Crippen LogP contribution in [0.3, 0.4) is 0 Å². The second-order valence-corrected chi connectivity index (χ2v) is 9.06. The number of nitrogens with one attached hydrogen (secondary N) is 1. The zero-order chi connectivity index (χ0) is 24.7. The van der Waals surface area contributed by atoms with Crippen LogP contribution in [-0.4, -0.2) is 29.9 Å². The number of carbonyl (C=O) groups is 2. The van der Waals surface area contributed by atoms with Gasteiger partial charge in [-0.25, -0.2) is 0 Å². The molecule has 35 heavy (non-hydrogen) atoms. The van der Waals surface area contributed by atoms with E-state index < -0.39 is 30.0 Å². The van der Waals surface area contributed by atoms with Crippen molar-refractivity contribution in [1.82, 2.24) is 4.90 Å². The molecule has 3 aromatic carbocycles. The molecular weight excluding hydrogens is 580 g/mol. The second kappa shape index (κ2) is 8.95. The minimum atomic E-state index is -4.85. The van der Waals surface area contributed by atoms with Gasteiger partial charge in [-0.1, -0.05) is 18.2 Å². The molecule has 0 bridgehead atoms. The maximum Gasteiger partial charge on any atom is 0.573 e. The normalized spacial score (nSPS) is 17.0. The predicted molar refractivity (Wildman–Crippen MR) is 126 cm³/mol. The van der Waals surface area contributed by atoms with Gasteiger partial charge in [0, 0.05) is 10.1 Å². The zero-order valence-electron chi connectivity index (χ0n) is 17.8. The summed E-state index contributed by atoms with van der Waals surface area (Å²) < 4.78 is 53.3. The number of alkyl halides is 3. The van der Waals surface area contributed by atoms with Crippen LogP contribution in [0.1, 0.15) is 27.5 Å². The van der Waals surface area contributed by atoms with Crippen LogP contribution in [0.5, 0.6) is 17.2 Å². The molecule has 1 N–H and O–H groups in total. The Bertz CT molecular complexity index is 1310. The van der Waals surface area contributed by atoms with Gasteiger partial charge >= 0.3 is 6.36 Å². The summed E-state index contributed by atoms with van der Waals surface area (Å²) in [6.45, 7) is 0.129. The quantitative estimate of drug-likeness (QED) is 0.417. The molecule has 0 spiro atoms. The van der Waals surface area contributed by atoms with Gasteiger partial charge in [0.15, 0.2) is 11.5 Å². The van der Waals surface area contributed by atoms with Crippen LogP contribution >= 0.6 is 22.6 Å². The van der Waals surface area contributed by atoms with E-state index in [1.165, 1.54) is 17.0 Å². The number of halogens is 4. The first-order chi connectivity index (χ1) is 16.7.